The number of fused-ring (bicyclic) bond motifs is 2. The van der Waals surface area contributed by atoms with Gasteiger partial charge in [0.25, 0.3) is 0 Å². The highest BCUT2D eigenvalue weighted by molar-refractivity contribution is 5.91. The maximum atomic E-state index is 14.5. The molecule has 0 fully saturated rings. The SMILES string of the molecule is Cc1cc2c(c(O)c1F)C(C)(C)CC(O)(C(F)(F)F)C2Nc1cccc2[nH]c(=O)ccc12. The predicted octanol–water partition coefficient (Wildman–Crippen LogP) is 4.81. The third-order valence-corrected chi connectivity index (χ3v) is 6.18. The van der Waals surface area contributed by atoms with Crippen molar-refractivity contribution in [3.63, 3.8) is 0 Å². The summed E-state index contributed by atoms with van der Waals surface area (Å²) in [4.78, 5) is 14.2. The van der Waals surface area contributed by atoms with Gasteiger partial charge in [0, 0.05) is 22.7 Å². The molecule has 1 aliphatic rings. The van der Waals surface area contributed by atoms with Gasteiger partial charge in [-0.05, 0) is 48.1 Å². The summed E-state index contributed by atoms with van der Waals surface area (Å²) in [6.45, 7) is 4.19. The van der Waals surface area contributed by atoms with Crippen molar-refractivity contribution in [2.75, 3.05) is 5.32 Å². The van der Waals surface area contributed by atoms with Crippen molar-refractivity contribution in [1.82, 2.24) is 4.98 Å². The van der Waals surface area contributed by atoms with E-state index in [2.05, 4.69) is 10.3 Å². The van der Waals surface area contributed by atoms with Crippen LogP contribution in [-0.2, 0) is 5.41 Å². The molecule has 4 rings (SSSR count). The predicted molar refractivity (Wildman–Crippen MR) is 112 cm³/mol. The molecule has 0 bridgehead atoms. The number of aryl methyl sites for hydroxylation is 1. The van der Waals surface area contributed by atoms with E-state index < -0.39 is 41.2 Å². The fraction of sp³-hybridized carbons (Fsp3) is 0.348. The van der Waals surface area contributed by atoms with E-state index in [0.717, 1.165) is 0 Å². The minimum atomic E-state index is -5.03. The number of pyridine rings is 1. The Morgan fingerprint density at radius 3 is 2.53 bits per heavy atom. The average Bonchev–Trinajstić information content (AvgIpc) is 2.67. The van der Waals surface area contributed by atoms with Crippen LogP contribution in [0.3, 0.4) is 0 Å². The molecule has 4 N–H and O–H groups in total. The lowest BCUT2D eigenvalue weighted by Crippen LogP contribution is -2.58. The Labute approximate surface area is 180 Å². The molecular weight excluding hydrogens is 428 g/mol. The number of phenolic OH excluding ortho intramolecular Hbond substituents is 1. The van der Waals surface area contributed by atoms with Gasteiger partial charge in [-0.15, -0.1) is 0 Å². The monoisotopic (exact) mass is 450 g/mol. The quantitative estimate of drug-likeness (QED) is 0.422. The molecule has 32 heavy (non-hydrogen) atoms. The molecule has 5 nitrogen and oxygen atoms in total. The number of anilines is 1. The minimum Gasteiger partial charge on any atom is -0.505 e. The molecule has 2 aromatic carbocycles. The lowest BCUT2D eigenvalue weighted by Gasteiger charge is -2.49. The van der Waals surface area contributed by atoms with Gasteiger partial charge in [-0.2, -0.15) is 13.2 Å². The second-order valence-corrected chi connectivity index (χ2v) is 8.97. The smallest absolute Gasteiger partial charge is 0.419 e. The van der Waals surface area contributed by atoms with Crippen LogP contribution in [0.2, 0.25) is 0 Å². The van der Waals surface area contributed by atoms with E-state index >= 15 is 0 Å². The Balaban J connectivity index is 1.99. The normalized spacial score (nSPS) is 22.6. The number of aromatic nitrogens is 1. The highest BCUT2D eigenvalue weighted by atomic mass is 19.4. The number of aromatic amines is 1. The van der Waals surface area contributed by atoms with Crippen LogP contribution >= 0.6 is 0 Å². The zero-order chi connectivity index (χ0) is 23.6. The third-order valence-electron chi connectivity index (χ3n) is 6.18. The van der Waals surface area contributed by atoms with Crippen molar-refractivity contribution in [1.29, 1.82) is 0 Å². The van der Waals surface area contributed by atoms with Gasteiger partial charge in [0.2, 0.25) is 5.56 Å². The number of hydrogen-bond donors (Lipinski definition) is 4. The fourth-order valence-electron chi connectivity index (χ4n) is 4.79. The summed E-state index contributed by atoms with van der Waals surface area (Å²) in [5, 5.41) is 24.8. The number of alkyl halides is 3. The largest absolute Gasteiger partial charge is 0.505 e. The molecule has 0 saturated heterocycles. The van der Waals surface area contributed by atoms with Crippen molar-refractivity contribution in [2.24, 2.45) is 0 Å². The zero-order valence-corrected chi connectivity index (χ0v) is 17.6. The summed E-state index contributed by atoms with van der Waals surface area (Å²) in [5.74, 6) is -1.63. The second-order valence-electron chi connectivity index (χ2n) is 8.97. The number of nitrogens with one attached hydrogen (secondary N) is 2. The van der Waals surface area contributed by atoms with E-state index in [4.69, 9.17) is 0 Å². The average molecular weight is 450 g/mol. The molecular formula is C23H22F4N2O3. The van der Waals surface area contributed by atoms with E-state index in [1.807, 2.05) is 0 Å². The highest BCUT2D eigenvalue weighted by Crippen LogP contribution is 2.57. The first-order valence-corrected chi connectivity index (χ1v) is 9.96. The maximum Gasteiger partial charge on any atom is 0.419 e. The Hall–Kier alpha value is -3.07. The standard InChI is InChI=1S/C23H22F4N2O3/c1-11-9-13-17(19(31)18(11)24)21(2,3)10-22(32,23(25,26)27)20(13)29-15-6-4-5-14-12(15)7-8-16(30)28-14/h4-9,20,29,31-32H,10H2,1-3H3,(H,28,30). The van der Waals surface area contributed by atoms with Crippen LogP contribution in [0.25, 0.3) is 10.9 Å². The number of aliphatic hydroxyl groups is 1. The number of halogens is 4. The van der Waals surface area contributed by atoms with Crippen molar-refractivity contribution in [3.8, 4) is 5.75 Å². The molecule has 0 aliphatic heterocycles. The molecule has 0 spiro atoms. The molecule has 0 saturated carbocycles. The van der Waals surface area contributed by atoms with Gasteiger partial charge >= 0.3 is 6.18 Å². The van der Waals surface area contributed by atoms with Crippen LogP contribution in [0.1, 0.15) is 43.0 Å². The number of aromatic hydroxyl groups is 1. The van der Waals surface area contributed by atoms with Gasteiger partial charge in [0.1, 0.15) is 0 Å². The summed E-state index contributed by atoms with van der Waals surface area (Å²) in [6, 6.07) is 6.86. The first-order valence-electron chi connectivity index (χ1n) is 9.96. The summed E-state index contributed by atoms with van der Waals surface area (Å²) < 4.78 is 57.4. The number of rotatable bonds is 2. The third kappa shape index (κ3) is 3.23. The van der Waals surface area contributed by atoms with Crippen LogP contribution in [0.15, 0.2) is 41.2 Å². The van der Waals surface area contributed by atoms with Crippen molar-refractivity contribution < 1.29 is 27.8 Å². The summed E-state index contributed by atoms with van der Waals surface area (Å²) in [5.41, 5.74) is -4.41. The Morgan fingerprint density at radius 1 is 1.19 bits per heavy atom. The lowest BCUT2D eigenvalue weighted by atomic mass is 9.63. The Morgan fingerprint density at radius 2 is 1.88 bits per heavy atom. The first kappa shape index (κ1) is 22.1. The Bertz CT molecular complexity index is 1280. The van der Waals surface area contributed by atoms with Crippen molar-refractivity contribution in [2.45, 2.75) is 50.4 Å². The molecule has 0 radical (unpaired) electrons. The van der Waals surface area contributed by atoms with Crippen LogP contribution in [0, 0.1) is 12.7 Å². The second kappa shape index (κ2) is 6.96. The maximum absolute atomic E-state index is 14.5. The molecule has 2 atom stereocenters. The van der Waals surface area contributed by atoms with E-state index in [0.29, 0.717) is 10.9 Å². The summed E-state index contributed by atoms with van der Waals surface area (Å²) in [7, 11) is 0. The number of H-pyrrole nitrogens is 1. The van der Waals surface area contributed by atoms with E-state index in [9.17, 15) is 32.6 Å². The molecule has 1 aromatic heterocycles. The summed E-state index contributed by atoms with van der Waals surface area (Å²) >= 11 is 0. The molecule has 9 heteroatoms. The van der Waals surface area contributed by atoms with Crippen LogP contribution in [0.5, 0.6) is 5.75 Å². The van der Waals surface area contributed by atoms with Crippen LogP contribution in [0.4, 0.5) is 23.2 Å². The number of benzene rings is 2. The van der Waals surface area contributed by atoms with Crippen LogP contribution in [-0.4, -0.2) is 27.0 Å². The van der Waals surface area contributed by atoms with E-state index in [1.54, 1.807) is 12.1 Å². The molecule has 170 valence electrons. The Kier molecular flexibility index (Phi) is 4.82. The molecule has 1 aliphatic carbocycles. The molecule has 2 unspecified atom stereocenters. The fourth-order valence-corrected chi connectivity index (χ4v) is 4.79. The van der Waals surface area contributed by atoms with Gasteiger partial charge in [0.15, 0.2) is 17.2 Å². The summed E-state index contributed by atoms with van der Waals surface area (Å²) in [6.07, 6.45) is -5.83. The number of hydrogen-bond acceptors (Lipinski definition) is 4. The lowest BCUT2D eigenvalue weighted by molar-refractivity contribution is -0.276. The topological polar surface area (TPSA) is 85.3 Å². The molecule has 0 amide bonds. The van der Waals surface area contributed by atoms with Gasteiger partial charge < -0.3 is 20.5 Å². The number of phenols is 1. The van der Waals surface area contributed by atoms with Crippen molar-refractivity contribution >= 4 is 16.6 Å². The van der Waals surface area contributed by atoms with Gasteiger partial charge in [0.05, 0.1) is 11.6 Å². The minimum absolute atomic E-state index is 0.0145. The van der Waals surface area contributed by atoms with Crippen molar-refractivity contribution in [3.05, 3.63) is 69.3 Å². The molecule has 3 aromatic rings. The first-order chi connectivity index (χ1) is 14.8. The van der Waals surface area contributed by atoms with E-state index in [-0.39, 0.29) is 27.9 Å². The highest BCUT2D eigenvalue weighted by Gasteiger charge is 2.64. The zero-order valence-electron chi connectivity index (χ0n) is 17.6. The van der Waals surface area contributed by atoms with Gasteiger partial charge in [-0.25, -0.2) is 4.39 Å². The molecule has 1 heterocycles. The van der Waals surface area contributed by atoms with Gasteiger partial charge in [-0.3, -0.25) is 4.79 Å². The van der Waals surface area contributed by atoms with Gasteiger partial charge in [-0.1, -0.05) is 26.0 Å². The van der Waals surface area contributed by atoms with E-state index in [1.165, 1.54) is 45.0 Å². The van der Waals surface area contributed by atoms with Crippen LogP contribution < -0.4 is 10.9 Å².